The minimum absolute atomic E-state index is 0.0146. The van der Waals surface area contributed by atoms with Gasteiger partial charge in [0.15, 0.2) is 15.9 Å². The second kappa shape index (κ2) is 17.3. The first kappa shape index (κ1) is 43.6. The number of imide groups is 1. The number of aryl methyl sites for hydroxylation is 2. The minimum Gasteiger partial charge on any atom is -0.479 e. The fourth-order valence-corrected chi connectivity index (χ4v) is 7.03. The van der Waals surface area contributed by atoms with Gasteiger partial charge in [-0.15, -0.1) is 0 Å². The number of rotatable bonds is 11. The largest absolute Gasteiger partial charge is 0.479 e. The van der Waals surface area contributed by atoms with Crippen LogP contribution in [0.25, 0.3) is 10.8 Å². The third kappa shape index (κ3) is 11.2. The monoisotopic (exact) mass is 800 g/mol. The van der Waals surface area contributed by atoms with Gasteiger partial charge in [-0.3, -0.25) is 5.32 Å². The standard InChI is InChI=1S/C42H48N4O10S/c1-10-57(52,53)35-17-15-31(23-29(35)24-43)45-38(49)54-19-18-32-25(2)20-28(21-26(32)3)36(37(47)48)44-30-14-16-33-27(22-30)12-11-13-34(33)46(39(50)55-41(4,5)6)40(51)56-42(7,8)9/h11-17,20-23,36,44H,10,18-19H2,1-9H3,(H,45,49)(H,47,48). The third-order valence-electron chi connectivity index (χ3n) is 8.51. The van der Waals surface area contributed by atoms with Gasteiger partial charge in [0, 0.05) is 23.2 Å². The smallest absolute Gasteiger partial charge is 0.424 e. The van der Waals surface area contributed by atoms with Crippen molar-refractivity contribution in [3.63, 3.8) is 0 Å². The molecule has 0 radical (unpaired) electrons. The Hall–Kier alpha value is -6.14. The number of carbonyl (C=O) groups excluding carboxylic acids is 3. The number of aliphatic carboxylic acids is 1. The van der Waals surface area contributed by atoms with Crippen LogP contribution in [0.5, 0.6) is 0 Å². The van der Waals surface area contributed by atoms with Gasteiger partial charge in [0.05, 0.1) is 28.5 Å². The minimum atomic E-state index is -3.62. The molecule has 14 nitrogen and oxygen atoms in total. The molecule has 302 valence electrons. The highest BCUT2D eigenvalue weighted by Gasteiger charge is 2.34. The number of carboxylic acid groups (broad SMARTS) is 1. The zero-order chi connectivity index (χ0) is 42.5. The van der Waals surface area contributed by atoms with Gasteiger partial charge >= 0.3 is 24.2 Å². The summed E-state index contributed by atoms with van der Waals surface area (Å²) in [5.74, 6) is -1.30. The first-order valence-electron chi connectivity index (χ1n) is 18.1. The third-order valence-corrected chi connectivity index (χ3v) is 10.3. The summed E-state index contributed by atoms with van der Waals surface area (Å²) < 4.78 is 41.0. The molecule has 0 saturated heterocycles. The lowest BCUT2D eigenvalue weighted by Gasteiger charge is -2.29. The van der Waals surface area contributed by atoms with Crippen LogP contribution in [0.2, 0.25) is 0 Å². The summed E-state index contributed by atoms with van der Waals surface area (Å²) in [7, 11) is -3.62. The molecule has 0 bridgehead atoms. The number of hydrogen-bond acceptors (Lipinski definition) is 11. The quantitative estimate of drug-likeness (QED) is 0.122. The van der Waals surface area contributed by atoms with Crippen LogP contribution in [0.15, 0.2) is 71.6 Å². The Kier molecular flexibility index (Phi) is 13.3. The van der Waals surface area contributed by atoms with E-state index in [0.717, 1.165) is 21.6 Å². The number of sulfone groups is 1. The Morgan fingerprint density at radius 2 is 1.46 bits per heavy atom. The molecule has 1 unspecified atom stereocenters. The predicted octanol–water partition coefficient (Wildman–Crippen LogP) is 8.83. The summed E-state index contributed by atoms with van der Waals surface area (Å²) >= 11 is 0. The van der Waals surface area contributed by atoms with Crippen molar-refractivity contribution in [3.05, 3.63) is 94.5 Å². The van der Waals surface area contributed by atoms with Crippen LogP contribution in [0.1, 0.15) is 82.3 Å². The van der Waals surface area contributed by atoms with E-state index in [1.165, 1.54) is 25.1 Å². The molecule has 4 aromatic rings. The summed E-state index contributed by atoms with van der Waals surface area (Å²) in [4.78, 5) is 52.6. The molecular formula is C42H48N4O10S. The summed E-state index contributed by atoms with van der Waals surface area (Å²) in [6, 6.07) is 18.2. The molecule has 1 atom stereocenters. The van der Waals surface area contributed by atoms with Crippen LogP contribution in [0, 0.1) is 25.2 Å². The average molecular weight is 801 g/mol. The van der Waals surface area contributed by atoms with Crippen LogP contribution >= 0.6 is 0 Å². The first-order chi connectivity index (χ1) is 26.5. The molecule has 0 aliphatic carbocycles. The van der Waals surface area contributed by atoms with E-state index in [1.807, 2.05) is 19.9 Å². The molecule has 0 aromatic heterocycles. The van der Waals surface area contributed by atoms with Gasteiger partial charge in [0.1, 0.15) is 17.3 Å². The van der Waals surface area contributed by atoms with Gasteiger partial charge < -0.3 is 24.6 Å². The van der Waals surface area contributed by atoms with E-state index >= 15 is 0 Å². The fraction of sp³-hybridized carbons (Fsp3) is 0.357. The van der Waals surface area contributed by atoms with Gasteiger partial charge in [-0.25, -0.2) is 27.6 Å². The lowest BCUT2D eigenvalue weighted by molar-refractivity contribution is -0.138. The highest BCUT2D eigenvalue weighted by Crippen LogP contribution is 2.33. The van der Waals surface area contributed by atoms with E-state index in [2.05, 4.69) is 10.6 Å². The van der Waals surface area contributed by atoms with Crippen LogP contribution in [-0.2, 0) is 35.3 Å². The Balaban J connectivity index is 1.51. The number of anilines is 3. The van der Waals surface area contributed by atoms with Gasteiger partial charge in [0.25, 0.3) is 0 Å². The van der Waals surface area contributed by atoms with Crippen molar-refractivity contribution >= 4 is 61.9 Å². The molecule has 4 rings (SSSR count). The van der Waals surface area contributed by atoms with Crippen molar-refractivity contribution in [1.29, 1.82) is 5.26 Å². The van der Waals surface area contributed by atoms with Crippen molar-refractivity contribution in [2.45, 2.75) is 90.9 Å². The number of benzene rings is 4. The number of ether oxygens (including phenoxy) is 3. The molecule has 0 saturated carbocycles. The highest BCUT2D eigenvalue weighted by molar-refractivity contribution is 7.91. The molecule has 3 N–H and O–H groups in total. The number of fused-ring (bicyclic) bond motifs is 1. The topological polar surface area (TPSA) is 201 Å². The number of nitrogens with zero attached hydrogens (tertiary/aromatic N) is 2. The first-order valence-corrected chi connectivity index (χ1v) is 19.8. The average Bonchev–Trinajstić information content (AvgIpc) is 3.09. The number of nitriles is 1. The van der Waals surface area contributed by atoms with Gasteiger partial charge in [-0.2, -0.15) is 10.2 Å². The van der Waals surface area contributed by atoms with Crippen molar-refractivity contribution in [3.8, 4) is 6.07 Å². The zero-order valence-electron chi connectivity index (χ0n) is 33.5. The van der Waals surface area contributed by atoms with Gasteiger partial charge in [-0.1, -0.05) is 37.3 Å². The van der Waals surface area contributed by atoms with Crippen molar-refractivity contribution in [2.75, 3.05) is 27.9 Å². The number of amides is 3. The van der Waals surface area contributed by atoms with Crippen LogP contribution < -0.4 is 15.5 Å². The molecule has 0 aliphatic rings. The number of carboxylic acids is 1. The molecular weight excluding hydrogens is 753 g/mol. The normalized spacial score (nSPS) is 12.2. The lowest BCUT2D eigenvalue weighted by Crippen LogP contribution is -2.43. The molecule has 0 fully saturated rings. The molecule has 4 aromatic carbocycles. The van der Waals surface area contributed by atoms with Gasteiger partial charge in [0.2, 0.25) is 0 Å². The van der Waals surface area contributed by atoms with Crippen LogP contribution in [0.4, 0.5) is 31.4 Å². The van der Waals surface area contributed by atoms with E-state index in [0.29, 0.717) is 28.4 Å². The second-order valence-electron chi connectivity index (χ2n) is 15.3. The summed E-state index contributed by atoms with van der Waals surface area (Å²) in [5, 5.41) is 26.5. The number of hydrogen-bond donors (Lipinski definition) is 3. The molecule has 15 heteroatoms. The summed E-state index contributed by atoms with van der Waals surface area (Å²) in [5.41, 5.74) is 1.91. The van der Waals surface area contributed by atoms with Crippen LogP contribution in [0.3, 0.4) is 0 Å². The zero-order valence-corrected chi connectivity index (χ0v) is 34.3. The Bertz CT molecular complexity index is 2300. The second-order valence-corrected chi connectivity index (χ2v) is 17.5. The number of nitrogens with one attached hydrogen (secondary N) is 2. The Morgan fingerprint density at radius 3 is 2.00 bits per heavy atom. The van der Waals surface area contributed by atoms with E-state index in [-0.39, 0.29) is 34.2 Å². The molecule has 0 heterocycles. The predicted molar refractivity (Wildman–Crippen MR) is 216 cm³/mol. The van der Waals surface area contributed by atoms with E-state index < -0.39 is 51.3 Å². The summed E-state index contributed by atoms with van der Waals surface area (Å²) in [6.07, 6.45) is -2.29. The van der Waals surface area contributed by atoms with E-state index in [1.54, 1.807) is 90.1 Å². The maximum Gasteiger partial charge on any atom is 0.424 e. The van der Waals surface area contributed by atoms with Crippen molar-refractivity contribution in [2.24, 2.45) is 0 Å². The molecule has 0 spiro atoms. The van der Waals surface area contributed by atoms with E-state index in [9.17, 15) is 38.0 Å². The van der Waals surface area contributed by atoms with Crippen molar-refractivity contribution in [1.82, 2.24) is 0 Å². The van der Waals surface area contributed by atoms with Gasteiger partial charge in [-0.05, 0) is 119 Å². The maximum absolute atomic E-state index is 13.3. The van der Waals surface area contributed by atoms with Crippen LogP contribution in [-0.4, -0.2) is 61.3 Å². The van der Waals surface area contributed by atoms with E-state index in [4.69, 9.17) is 14.2 Å². The highest BCUT2D eigenvalue weighted by atomic mass is 32.2. The Labute approximate surface area is 332 Å². The molecule has 57 heavy (non-hydrogen) atoms. The molecule has 3 amide bonds. The maximum atomic E-state index is 13.3. The lowest BCUT2D eigenvalue weighted by atomic mass is 9.94. The SMILES string of the molecule is CCS(=O)(=O)c1ccc(NC(=O)OCCc2c(C)cc(C(Nc3ccc4c(N(C(=O)OC(C)(C)C)C(=O)OC(C)(C)C)cccc4c3)C(=O)O)cc2C)cc1C#N. The fourth-order valence-electron chi connectivity index (χ4n) is 6.00. The summed E-state index contributed by atoms with van der Waals surface area (Å²) in [6.45, 7) is 15.3. The Morgan fingerprint density at radius 1 is 0.860 bits per heavy atom. The number of carbonyl (C=O) groups is 4. The molecule has 0 aliphatic heterocycles. The van der Waals surface area contributed by atoms with Crippen molar-refractivity contribution < 1.29 is 46.9 Å².